The molecule has 0 spiro atoms. The number of hydrogen-bond acceptors (Lipinski definition) is 4. The monoisotopic (exact) mass is 418 g/mol. The summed E-state index contributed by atoms with van der Waals surface area (Å²) in [7, 11) is 0. The summed E-state index contributed by atoms with van der Waals surface area (Å²) in [6.07, 6.45) is 2.70. The molecule has 6 heteroatoms. The van der Waals surface area contributed by atoms with Gasteiger partial charge in [-0.3, -0.25) is 9.59 Å². The Bertz CT molecular complexity index is 1120. The summed E-state index contributed by atoms with van der Waals surface area (Å²) in [5.41, 5.74) is 3.09. The number of ether oxygens (including phenoxy) is 1. The number of carbonyl (C=O) groups is 2. The molecule has 0 bridgehead atoms. The van der Waals surface area contributed by atoms with Crippen molar-refractivity contribution in [1.82, 2.24) is 10.3 Å². The number of hydrogen-bond donors (Lipinski definition) is 2. The van der Waals surface area contributed by atoms with Crippen molar-refractivity contribution < 1.29 is 14.3 Å². The first-order valence-corrected chi connectivity index (χ1v) is 10.7. The number of H-pyrrole nitrogens is 1. The lowest BCUT2D eigenvalue weighted by molar-refractivity contribution is -0.148. The molecule has 1 amide bonds. The number of carbonyl (C=O) groups excluding carboxylic acids is 2. The number of fused-ring (bicyclic) bond motifs is 1. The molecule has 2 heterocycles. The highest BCUT2D eigenvalue weighted by Crippen LogP contribution is 2.25. The molecule has 4 rings (SSSR count). The van der Waals surface area contributed by atoms with Crippen LogP contribution in [-0.2, 0) is 20.7 Å². The lowest BCUT2D eigenvalue weighted by atomic mass is 10.1. The van der Waals surface area contributed by atoms with Gasteiger partial charge in [0, 0.05) is 28.4 Å². The quantitative estimate of drug-likeness (QED) is 0.411. The van der Waals surface area contributed by atoms with Gasteiger partial charge in [0.25, 0.3) is 5.91 Å². The van der Waals surface area contributed by atoms with Crippen LogP contribution in [0.3, 0.4) is 0 Å². The van der Waals surface area contributed by atoms with Gasteiger partial charge in [-0.1, -0.05) is 54.6 Å². The zero-order valence-corrected chi connectivity index (χ0v) is 17.2. The summed E-state index contributed by atoms with van der Waals surface area (Å²) in [4.78, 5) is 28.8. The fraction of sp³-hybridized carbons (Fsp3) is 0.167. The van der Waals surface area contributed by atoms with E-state index in [0.717, 1.165) is 26.9 Å². The summed E-state index contributed by atoms with van der Waals surface area (Å²) in [6.45, 7) is -0.290. The minimum absolute atomic E-state index is 0.224. The van der Waals surface area contributed by atoms with E-state index in [1.54, 1.807) is 11.3 Å². The van der Waals surface area contributed by atoms with E-state index in [0.29, 0.717) is 6.42 Å². The Labute approximate surface area is 178 Å². The molecule has 30 heavy (non-hydrogen) atoms. The van der Waals surface area contributed by atoms with E-state index in [9.17, 15) is 9.59 Å². The van der Waals surface area contributed by atoms with Gasteiger partial charge in [-0.05, 0) is 35.1 Å². The predicted molar refractivity (Wildman–Crippen MR) is 118 cm³/mol. The second-order valence-electron chi connectivity index (χ2n) is 6.95. The largest absolute Gasteiger partial charge is 0.456 e. The number of nitrogens with one attached hydrogen (secondary N) is 2. The SMILES string of the molecule is O=C(COC(=O)CCc1c[nH]c2ccccc12)N[C@@H](c1ccccc1)c1cccs1. The topological polar surface area (TPSA) is 71.2 Å². The van der Waals surface area contributed by atoms with Crippen LogP contribution in [0.4, 0.5) is 0 Å². The minimum atomic E-state index is -0.386. The second-order valence-corrected chi connectivity index (χ2v) is 7.93. The first kappa shape index (κ1) is 19.9. The van der Waals surface area contributed by atoms with Gasteiger partial charge in [0.05, 0.1) is 6.04 Å². The van der Waals surface area contributed by atoms with E-state index >= 15 is 0 Å². The number of rotatable bonds is 8. The third kappa shape index (κ3) is 4.78. The molecule has 2 aromatic heterocycles. The third-order valence-electron chi connectivity index (χ3n) is 4.90. The number of aryl methyl sites for hydroxylation is 1. The molecular weight excluding hydrogens is 396 g/mol. The Hall–Kier alpha value is -3.38. The summed E-state index contributed by atoms with van der Waals surface area (Å²) in [5.74, 6) is -0.708. The molecule has 0 saturated heterocycles. The van der Waals surface area contributed by atoms with E-state index in [2.05, 4.69) is 10.3 Å². The van der Waals surface area contributed by atoms with Crippen molar-refractivity contribution in [3.05, 3.63) is 94.3 Å². The van der Waals surface area contributed by atoms with Crippen molar-refractivity contribution in [2.24, 2.45) is 0 Å². The number of amides is 1. The smallest absolute Gasteiger partial charge is 0.306 e. The first-order valence-electron chi connectivity index (χ1n) is 9.79. The zero-order valence-electron chi connectivity index (χ0n) is 16.3. The van der Waals surface area contributed by atoms with Crippen LogP contribution >= 0.6 is 11.3 Å². The highest BCUT2D eigenvalue weighted by atomic mass is 32.1. The number of para-hydroxylation sites is 1. The van der Waals surface area contributed by atoms with Crippen LogP contribution in [0.15, 0.2) is 78.3 Å². The van der Waals surface area contributed by atoms with Crippen molar-refractivity contribution in [2.45, 2.75) is 18.9 Å². The molecular formula is C24H22N2O3S. The van der Waals surface area contributed by atoms with E-state index in [1.165, 1.54) is 0 Å². The molecule has 2 aromatic carbocycles. The van der Waals surface area contributed by atoms with Crippen molar-refractivity contribution in [3.63, 3.8) is 0 Å². The highest BCUT2D eigenvalue weighted by Gasteiger charge is 2.18. The van der Waals surface area contributed by atoms with Gasteiger partial charge >= 0.3 is 5.97 Å². The van der Waals surface area contributed by atoms with Crippen LogP contribution < -0.4 is 5.32 Å². The predicted octanol–water partition coefficient (Wildman–Crippen LogP) is 4.61. The van der Waals surface area contributed by atoms with Crippen molar-refractivity contribution in [2.75, 3.05) is 6.61 Å². The van der Waals surface area contributed by atoms with Crippen LogP contribution in [0.25, 0.3) is 10.9 Å². The van der Waals surface area contributed by atoms with E-state index in [-0.39, 0.29) is 30.9 Å². The van der Waals surface area contributed by atoms with Gasteiger partial charge in [-0.15, -0.1) is 11.3 Å². The van der Waals surface area contributed by atoms with Gasteiger partial charge in [0.15, 0.2) is 6.61 Å². The van der Waals surface area contributed by atoms with Crippen LogP contribution in [0.5, 0.6) is 0 Å². The van der Waals surface area contributed by atoms with Gasteiger partial charge < -0.3 is 15.0 Å². The molecule has 0 aliphatic carbocycles. The number of aromatic nitrogens is 1. The van der Waals surface area contributed by atoms with Crippen molar-refractivity contribution >= 4 is 34.1 Å². The Balaban J connectivity index is 1.30. The maximum atomic E-state index is 12.4. The standard InChI is InChI=1S/C24H22N2O3S/c27-22(26-24(21-11-6-14-30-21)17-7-2-1-3-8-17)16-29-23(28)13-12-18-15-25-20-10-5-4-9-19(18)20/h1-11,14-15,24-25H,12-13,16H2,(H,26,27)/t24-/m0/s1. The fourth-order valence-electron chi connectivity index (χ4n) is 3.42. The molecule has 0 saturated carbocycles. The zero-order chi connectivity index (χ0) is 20.8. The van der Waals surface area contributed by atoms with Gasteiger partial charge in [0.2, 0.25) is 0 Å². The average Bonchev–Trinajstić information content (AvgIpc) is 3.45. The summed E-state index contributed by atoms with van der Waals surface area (Å²) in [5, 5.41) is 6.05. The van der Waals surface area contributed by atoms with Crippen LogP contribution in [0, 0.1) is 0 Å². The maximum Gasteiger partial charge on any atom is 0.306 e. The van der Waals surface area contributed by atoms with Crippen molar-refractivity contribution in [1.29, 1.82) is 0 Å². The normalized spacial score (nSPS) is 11.9. The van der Waals surface area contributed by atoms with Gasteiger partial charge in [-0.2, -0.15) is 0 Å². The molecule has 1 atom stereocenters. The number of thiophene rings is 1. The van der Waals surface area contributed by atoms with E-state index < -0.39 is 0 Å². The molecule has 5 nitrogen and oxygen atoms in total. The molecule has 2 N–H and O–H groups in total. The molecule has 0 aliphatic heterocycles. The molecule has 0 aliphatic rings. The Kier molecular flexibility index (Phi) is 6.25. The van der Waals surface area contributed by atoms with Gasteiger partial charge in [0.1, 0.15) is 0 Å². The van der Waals surface area contributed by atoms with Crippen LogP contribution in [-0.4, -0.2) is 23.5 Å². The third-order valence-corrected chi connectivity index (χ3v) is 5.84. The Morgan fingerprint density at radius 2 is 1.80 bits per heavy atom. The van der Waals surface area contributed by atoms with Gasteiger partial charge in [-0.25, -0.2) is 0 Å². The molecule has 152 valence electrons. The lowest BCUT2D eigenvalue weighted by Gasteiger charge is -2.18. The van der Waals surface area contributed by atoms with Crippen LogP contribution in [0.1, 0.15) is 28.5 Å². The summed E-state index contributed by atoms with van der Waals surface area (Å²) in [6, 6.07) is 21.4. The van der Waals surface area contributed by atoms with E-state index in [1.807, 2.05) is 78.3 Å². The second kappa shape index (κ2) is 9.41. The summed E-state index contributed by atoms with van der Waals surface area (Å²) >= 11 is 1.57. The molecule has 4 aromatic rings. The van der Waals surface area contributed by atoms with Crippen LogP contribution in [0.2, 0.25) is 0 Å². The Morgan fingerprint density at radius 3 is 2.60 bits per heavy atom. The average molecular weight is 419 g/mol. The fourth-order valence-corrected chi connectivity index (χ4v) is 4.22. The number of benzene rings is 2. The van der Waals surface area contributed by atoms with E-state index in [4.69, 9.17) is 4.74 Å². The Morgan fingerprint density at radius 1 is 1.00 bits per heavy atom. The molecule has 0 radical (unpaired) electrons. The minimum Gasteiger partial charge on any atom is -0.456 e. The number of esters is 1. The van der Waals surface area contributed by atoms with Crippen molar-refractivity contribution in [3.8, 4) is 0 Å². The highest BCUT2D eigenvalue weighted by molar-refractivity contribution is 7.10. The molecule has 0 fully saturated rings. The maximum absolute atomic E-state index is 12.4. The molecule has 0 unspecified atom stereocenters. The lowest BCUT2D eigenvalue weighted by Crippen LogP contribution is -2.32. The summed E-state index contributed by atoms with van der Waals surface area (Å²) < 4.78 is 5.21. The number of aromatic amines is 1. The first-order chi connectivity index (χ1) is 14.7.